The van der Waals surface area contributed by atoms with Gasteiger partial charge in [-0.15, -0.1) is 22.7 Å². The van der Waals surface area contributed by atoms with Gasteiger partial charge in [0.1, 0.15) is 0 Å². The summed E-state index contributed by atoms with van der Waals surface area (Å²) in [5, 5.41) is 8.64. The van der Waals surface area contributed by atoms with Crippen LogP contribution >= 0.6 is 22.7 Å². The highest BCUT2D eigenvalue weighted by Crippen LogP contribution is 2.29. The third kappa shape index (κ3) is 5.03. The largest absolute Gasteiger partial charge is 0.459 e. The molecule has 0 aliphatic rings. The van der Waals surface area contributed by atoms with Crippen LogP contribution in [0.3, 0.4) is 0 Å². The standard InChI is InChI=1S/C18H19N3O3S2/c1-12-21-14(11-25-12)16-5-4-13(26-16)6-8-19-17(22)7-9-20-18(23)15-3-2-10-24-15/h2-5,10-11H,6-9H2,1H3,(H,19,22)(H,20,23). The summed E-state index contributed by atoms with van der Waals surface area (Å²) in [6.45, 7) is 2.84. The van der Waals surface area contributed by atoms with Gasteiger partial charge in [-0.25, -0.2) is 4.98 Å². The van der Waals surface area contributed by atoms with Crippen LogP contribution in [0, 0.1) is 6.92 Å². The summed E-state index contributed by atoms with van der Waals surface area (Å²) in [6.07, 6.45) is 2.45. The van der Waals surface area contributed by atoms with Gasteiger partial charge < -0.3 is 15.1 Å². The van der Waals surface area contributed by atoms with Crippen LogP contribution in [-0.4, -0.2) is 29.9 Å². The number of carbonyl (C=O) groups is 2. The Bertz CT molecular complexity index is 868. The van der Waals surface area contributed by atoms with Crippen molar-refractivity contribution in [2.24, 2.45) is 0 Å². The van der Waals surface area contributed by atoms with E-state index in [1.807, 2.05) is 6.92 Å². The maximum Gasteiger partial charge on any atom is 0.286 e. The minimum atomic E-state index is -0.314. The molecule has 0 unspecified atom stereocenters. The van der Waals surface area contributed by atoms with Gasteiger partial charge in [-0.3, -0.25) is 9.59 Å². The van der Waals surface area contributed by atoms with Gasteiger partial charge in [-0.05, 0) is 37.6 Å². The van der Waals surface area contributed by atoms with Crippen LogP contribution in [0.5, 0.6) is 0 Å². The first kappa shape index (κ1) is 18.3. The molecule has 0 atom stereocenters. The Kier molecular flexibility index (Phi) is 6.19. The fourth-order valence-corrected chi connectivity index (χ4v) is 3.98. The summed E-state index contributed by atoms with van der Waals surface area (Å²) in [5.74, 6) is -0.156. The minimum Gasteiger partial charge on any atom is -0.459 e. The molecule has 3 aromatic heterocycles. The molecular formula is C18H19N3O3S2. The molecule has 0 bridgehead atoms. The van der Waals surface area contributed by atoms with Crippen LogP contribution in [0.1, 0.15) is 26.9 Å². The molecule has 6 nitrogen and oxygen atoms in total. The number of thiazole rings is 1. The number of thiophene rings is 1. The van der Waals surface area contributed by atoms with E-state index in [2.05, 4.69) is 33.1 Å². The number of amides is 2. The molecule has 26 heavy (non-hydrogen) atoms. The molecule has 0 spiro atoms. The molecule has 0 aliphatic carbocycles. The van der Waals surface area contributed by atoms with Crippen molar-refractivity contribution in [3.8, 4) is 10.6 Å². The Hall–Kier alpha value is -2.45. The second-order valence-corrected chi connectivity index (χ2v) is 7.83. The molecule has 3 heterocycles. The van der Waals surface area contributed by atoms with Crippen molar-refractivity contribution in [3.05, 3.63) is 51.6 Å². The van der Waals surface area contributed by atoms with E-state index in [1.54, 1.807) is 34.8 Å². The van der Waals surface area contributed by atoms with Crippen molar-refractivity contribution in [3.63, 3.8) is 0 Å². The average Bonchev–Trinajstić information content (AvgIpc) is 3.36. The van der Waals surface area contributed by atoms with E-state index in [0.717, 1.165) is 22.0 Å². The van der Waals surface area contributed by atoms with E-state index >= 15 is 0 Å². The van der Waals surface area contributed by atoms with E-state index in [9.17, 15) is 9.59 Å². The van der Waals surface area contributed by atoms with Gasteiger partial charge in [-0.1, -0.05) is 0 Å². The summed E-state index contributed by atoms with van der Waals surface area (Å²) < 4.78 is 4.99. The molecule has 136 valence electrons. The van der Waals surface area contributed by atoms with Crippen molar-refractivity contribution in [2.45, 2.75) is 19.8 Å². The summed E-state index contributed by atoms with van der Waals surface area (Å²) in [5.41, 5.74) is 1.01. The fraction of sp³-hybridized carbons (Fsp3) is 0.278. The van der Waals surface area contributed by atoms with Gasteiger partial charge in [0.25, 0.3) is 5.91 Å². The highest BCUT2D eigenvalue weighted by atomic mass is 32.1. The Morgan fingerprint density at radius 2 is 2.08 bits per heavy atom. The molecule has 0 saturated heterocycles. The summed E-state index contributed by atoms with van der Waals surface area (Å²) >= 11 is 3.34. The number of rotatable bonds is 8. The Balaban J connectivity index is 1.35. The van der Waals surface area contributed by atoms with Gasteiger partial charge in [0.15, 0.2) is 5.76 Å². The number of nitrogens with one attached hydrogen (secondary N) is 2. The molecule has 0 saturated carbocycles. The first-order valence-corrected chi connectivity index (χ1v) is 9.91. The van der Waals surface area contributed by atoms with Crippen molar-refractivity contribution in [2.75, 3.05) is 13.1 Å². The molecule has 0 radical (unpaired) electrons. The Morgan fingerprint density at radius 1 is 1.19 bits per heavy atom. The van der Waals surface area contributed by atoms with Crippen molar-refractivity contribution in [1.82, 2.24) is 15.6 Å². The number of aryl methyl sites for hydroxylation is 1. The summed E-state index contributed by atoms with van der Waals surface area (Å²) in [6, 6.07) is 7.37. The lowest BCUT2D eigenvalue weighted by Gasteiger charge is -2.05. The topological polar surface area (TPSA) is 84.2 Å². The monoisotopic (exact) mass is 389 g/mol. The van der Waals surface area contributed by atoms with Crippen LogP contribution in [0.4, 0.5) is 0 Å². The third-order valence-corrected chi connectivity index (χ3v) is 5.55. The first-order valence-electron chi connectivity index (χ1n) is 8.21. The van der Waals surface area contributed by atoms with E-state index in [0.29, 0.717) is 6.54 Å². The highest BCUT2D eigenvalue weighted by Gasteiger charge is 2.09. The van der Waals surface area contributed by atoms with Gasteiger partial charge >= 0.3 is 0 Å². The van der Waals surface area contributed by atoms with Gasteiger partial charge in [0.2, 0.25) is 5.91 Å². The normalized spacial score (nSPS) is 10.7. The quantitative estimate of drug-likeness (QED) is 0.619. The van der Waals surface area contributed by atoms with E-state index in [-0.39, 0.29) is 30.5 Å². The molecule has 3 aromatic rings. The maximum absolute atomic E-state index is 11.8. The highest BCUT2D eigenvalue weighted by molar-refractivity contribution is 7.16. The van der Waals surface area contributed by atoms with Crippen LogP contribution in [0.25, 0.3) is 10.6 Å². The lowest BCUT2D eigenvalue weighted by atomic mass is 10.3. The summed E-state index contributed by atoms with van der Waals surface area (Å²) in [7, 11) is 0. The second-order valence-electron chi connectivity index (χ2n) is 5.60. The number of aromatic nitrogens is 1. The summed E-state index contributed by atoms with van der Waals surface area (Å²) in [4.78, 5) is 30.3. The molecular weight excluding hydrogens is 370 g/mol. The van der Waals surface area contributed by atoms with E-state index in [4.69, 9.17) is 4.42 Å². The smallest absolute Gasteiger partial charge is 0.286 e. The number of furan rings is 1. The van der Waals surface area contributed by atoms with Crippen LogP contribution in [-0.2, 0) is 11.2 Å². The number of nitrogens with zero attached hydrogens (tertiary/aromatic N) is 1. The van der Waals surface area contributed by atoms with Gasteiger partial charge in [0.05, 0.1) is 21.8 Å². The molecule has 0 fully saturated rings. The lowest BCUT2D eigenvalue weighted by Crippen LogP contribution is -2.31. The zero-order valence-electron chi connectivity index (χ0n) is 14.3. The predicted molar refractivity (Wildman–Crippen MR) is 103 cm³/mol. The lowest BCUT2D eigenvalue weighted by molar-refractivity contribution is -0.120. The third-order valence-electron chi connectivity index (χ3n) is 3.61. The SMILES string of the molecule is Cc1nc(-c2ccc(CCNC(=O)CCNC(=O)c3ccco3)s2)cs1. The van der Waals surface area contributed by atoms with Crippen LogP contribution in [0.15, 0.2) is 40.3 Å². The van der Waals surface area contributed by atoms with Crippen molar-refractivity contribution in [1.29, 1.82) is 0 Å². The Labute approximate surface area is 159 Å². The van der Waals surface area contributed by atoms with Gasteiger partial charge in [-0.2, -0.15) is 0 Å². The maximum atomic E-state index is 11.8. The minimum absolute atomic E-state index is 0.0864. The van der Waals surface area contributed by atoms with Crippen molar-refractivity contribution < 1.29 is 14.0 Å². The van der Waals surface area contributed by atoms with Crippen molar-refractivity contribution >= 4 is 34.5 Å². The van der Waals surface area contributed by atoms with E-state index in [1.165, 1.54) is 11.1 Å². The number of carbonyl (C=O) groups excluding carboxylic acids is 2. The molecule has 2 N–H and O–H groups in total. The molecule has 8 heteroatoms. The van der Waals surface area contributed by atoms with E-state index < -0.39 is 0 Å². The fourth-order valence-electron chi connectivity index (χ4n) is 2.32. The second kappa shape index (κ2) is 8.77. The van der Waals surface area contributed by atoms with Crippen LogP contribution in [0.2, 0.25) is 0 Å². The average molecular weight is 390 g/mol. The van der Waals surface area contributed by atoms with Gasteiger partial charge in [0, 0.05) is 29.8 Å². The van der Waals surface area contributed by atoms with Crippen LogP contribution < -0.4 is 10.6 Å². The molecule has 0 aliphatic heterocycles. The molecule has 0 aromatic carbocycles. The predicted octanol–water partition coefficient (Wildman–Crippen LogP) is 3.25. The zero-order chi connectivity index (χ0) is 18.4. The first-order chi connectivity index (χ1) is 12.6. The number of hydrogen-bond donors (Lipinski definition) is 2. The zero-order valence-corrected chi connectivity index (χ0v) is 15.9. The molecule has 3 rings (SSSR count). The number of hydrogen-bond acceptors (Lipinski definition) is 6. The molecule has 2 amide bonds. The Morgan fingerprint density at radius 3 is 2.81 bits per heavy atom.